The maximum atomic E-state index is 13.0. The van der Waals surface area contributed by atoms with E-state index in [9.17, 15) is 24.1 Å². The largest absolute Gasteiger partial charge is 0.326 e. The van der Waals surface area contributed by atoms with Gasteiger partial charge in [0.25, 0.3) is 5.69 Å². The molecule has 0 saturated carbocycles. The molecule has 0 fully saturated rings. The minimum Gasteiger partial charge on any atom is -0.326 e. The summed E-state index contributed by atoms with van der Waals surface area (Å²) < 4.78 is 13.0. The molecule has 138 valence electrons. The van der Waals surface area contributed by atoms with E-state index < -0.39 is 28.6 Å². The topological polar surface area (TPSA) is 126 Å². The Labute approximate surface area is 152 Å². The number of nitrogens with zero attached hydrogens (tertiary/aromatic N) is 2. The summed E-state index contributed by atoms with van der Waals surface area (Å²) in [6.45, 7) is 0. The van der Waals surface area contributed by atoms with Crippen molar-refractivity contribution in [2.24, 2.45) is 4.99 Å². The average Bonchev–Trinajstić information content (AvgIpc) is 2.63. The summed E-state index contributed by atoms with van der Waals surface area (Å²) in [4.78, 5) is 38.5. The van der Waals surface area contributed by atoms with Crippen LogP contribution in [0.25, 0.3) is 0 Å². The van der Waals surface area contributed by atoms with E-state index in [1.165, 1.54) is 48.5 Å². The zero-order chi connectivity index (χ0) is 19.4. The van der Waals surface area contributed by atoms with Gasteiger partial charge in [-0.25, -0.2) is 9.38 Å². The van der Waals surface area contributed by atoms with Crippen molar-refractivity contribution >= 4 is 34.8 Å². The van der Waals surface area contributed by atoms with Crippen molar-refractivity contribution in [1.82, 2.24) is 5.32 Å². The number of rotatable bonds is 4. The second-order valence-corrected chi connectivity index (χ2v) is 5.67. The molecular weight excluding hydrogens is 357 g/mol. The van der Waals surface area contributed by atoms with Crippen molar-refractivity contribution in [1.29, 1.82) is 0 Å². The molecule has 3 N–H and O–H groups in total. The van der Waals surface area contributed by atoms with Crippen LogP contribution in [0.3, 0.4) is 0 Å². The molecule has 0 saturated heterocycles. The SMILES string of the molecule is O=C1C[C@@H](C(=O)Nc2ccc([N+](=O)[O-])cc2)N=C(Nc2ccc(F)cc2)N1. The van der Waals surface area contributed by atoms with Crippen molar-refractivity contribution in [3.63, 3.8) is 0 Å². The summed E-state index contributed by atoms with van der Waals surface area (Å²) in [6, 6.07) is 9.73. The monoisotopic (exact) mass is 371 g/mol. The van der Waals surface area contributed by atoms with Crippen molar-refractivity contribution < 1.29 is 18.9 Å². The van der Waals surface area contributed by atoms with E-state index in [0.29, 0.717) is 11.4 Å². The van der Waals surface area contributed by atoms with E-state index in [2.05, 4.69) is 20.9 Å². The molecule has 1 aliphatic heterocycles. The Morgan fingerprint density at radius 1 is 1.15 bits per heavy atom. The first-order chi connectivity index (χ1) is 12.9. The molecule has 1 aliphatic rings. The van der Waals surface area contributed by atoms with Crippen LogP contribution >= 0.6 is 0 Å². The summed E-state index contributed by atoms with van der Waals surface area (Å²) in [7, 11) is 0. The number of benzene rings is 2. The number of nitro benzene ring substituents is 1. The molecule has 0 aromatic heterocycles. The standard InChI is InChI=1S/C17H14FN5O4/c18-10-1-3-12(4-2-10)20-17-21-14(9-15(24)22-17)16(25)19-11-5-7-13(8-6-11)23(26)27/h1-8,14H,9H2,(H,19,25)(H2,20,21,22,24)/t14-/m0/s1. The van der Waals surface area contributed by atoms with Crippen LogP contribution in [0, 0.1) is 15.9 Å². The van der Waals surface area contributed by atoms with Gasteiger partial charge in [-0.1, -0.05) is 0 Å². The van der Waals surface area contributed by atoms with Gasteiger partial charge in [0.15, 0.2) is 0 Å². The van der Waals surface area contributed by atoms with Gasteiger partial charge in [0.2, 0.25) is 17.8 Å². The number of non-ortho nitro benzene ring substituents is 1. The lowest BCUT2D eigenvalue weighted by Gasteiger charge is -2.21. The van der Waals surface area contributed by atoms with Gasteiger partial charge in [0.1, 0.15) is 11.9 Å². The first kappa shape index (κ1) is 18.0. The van der Waals surface area contributed by atoms with E-state index in [0.717, 1.165) is 0 Å². The predicted molar refractivity (Wildman–Crippen MR) is 95.7 cm³/mol. The van der Waals surface area contributed by atoms with Gasteiger partial charge in [-0.2, -0.15) is 0 Å². The number of carbonyl (C=O) groups excluding carboxylic acids is 2. The number of amides is 2. The minimum atomic E-state index is -0.975. The van der Waals surface area contributed by atoms with Crippen LogP contribution in [0.4, 0.5) is 21.5 Å². The Bertz CT molecular complexity index is 912. The molecule has 0 bridgehead atoms. The number of halogens is 1. The molecule has 10 heteroatoms. The lowest BCUT2D eigenvalue weighted by Crippen LogP contribution is -2.45. The van der Waals surface area contributed by atoms with Gasteiger partial charge in [-0.15, -0.1) is 0 Å². The lowest BCUT2D eigenvalue weighted by atomic mass is 10.1. The van der Waals surface area contributed by atoms with Crippen LogP contribution in [-0.4, -0.2) is 28.7 Å². The molecule has 0 radical (unpaired) electrons. The van der Waals surface area contributed by atoms with Crippen molar-refractivity contribution in [3.8, 4) is 0 Å². The highest BCUT2D eigenvalue weighted by atomic mass is 19.1. The molecule has 0 aliphatic carbocycles. The van der Waals surface area contributed by atoms with Gasteiger partial charge in [0, 0.05) is 23.5 Å². The summed E-state index contributed by atoms with van der Waals surface area (Å²) >= 11 is 0. The number of nitrogens with one attached hydrogen (secondary N) is 3. The molecule has 3 rings (SSSR count). The van der Waals surface area contributed by atoms with Crippen LogP contribution < -0.4 is 16.0 Å². The third kappa shape index (κ3) is 4.63. The Kier molecular flexibility index (Phi) is 5.06. The van der Waals surface area contributed by atoms with Crippen LogP contribution in [-0.2, 0) is 9.59 Å². The third-order valence-corrected chi connectivity index (χ3v) is 3.68. The Morgan fingerprint density at radius 2 is 1.78 bits per heavy atom. The van der Waals surface area contributed by atoms with Gasteiger partial charge in [0.05, 0.1) is 11.3 Å². The van der Waals surface area contributed by atoms with Gasteiger partial charge in [-0.05, 0) is 36.4 Å². The maximum absolute atomic E-state index is 13.0. The molecular formula is C17H14FN5O4. The lowest BCUT2D eigenvalue weighted by molar-refractivity contribution is -0.384. The van der Waals surface area contributed by atoms with Gasteiger partial charge in [-0.3, -0.25) is 25.0 Å². The Balaban J connectivity index is 1.70. The van der Waals surface area contributed by atoms with Crippen molar-refractivity contribution in [2.45, 2.75) is 12.5 Å². The highest BCUT2D eigenvalue weighted by molar-refractivity contribution is 6.10. The van der Waals surface area contributed by atoms with Gasteiger partial charge < -0.3 is 10.6 Å². The number of guanidine groups is 1. The molecule has 2 aromatic rings. The zero-order valence-electron chi connectivity index (χ0n) is 13.8. The molecule has 9 nitrogen and oxygen atoms in total. The van der Waals surface area contributed by atoms with Crippen LogP contribution in [0.15, 0.2) is 53.5 Å². The van der Waals surface area contributed by atoms with Crippen molar-refractivity contribution in [2.75, 3.05) is 10.6 Å². The normalized spacial score (nSPS) is 16.1. The average molecular weight is 371 g/mol. The third-order valence-electron chi connectivity index (χ3n) is 3.68. The summed E-state index contributed by atoms with van der Waals surface area (Å²) in [5.74, 6) is -1.27. The van der Waals surface area contributed by atoms with E-state index in [1.54, 1.807) is 0 Å². The smallest absolute Gasteiger partial charge is 0.269 e. The number of nitro groups is 1. The second kappa shape index (κ2) is 7.60. The molecule has 1 heterocycles. The number of hydrogen-bond donors (Lipinski definition) is 3. The highest BCUT2D eigenvalue weighted by Gasteiger charge is 2.27. The number of anilines is 2. The highest BCUT2D eigenvalue weighted by Crippen LogP contribution is 2.17. The molecule has 0 spiro atoms. The Morgan fingerprint density at radius 3 is 2.41 bits per heavy atom. The first-order valence-electron chi connectivity index (χ1n) is 7.86. The number of carbonyl (C=O) groups is 2. The molecule has 2 aromatic carbocycles. The fraction of sp³-hybridized carbons (Fsp3) is 0.118. The molecule has 2 amide bonds. The van der Waals surface area contributed by atoms with Crippen LogP contribution in [0.1, 0.15) is 6.42 Å². The quantitative estimate of drug-likeness (QED) is 0.560. The van der Waals surface area contributed by atoms with E-state index in [4.69, 9.17) is 0 Å². The minimum absolute atomic E-state index is 0.0710. The second-order valence-electron chi connectivity index (χ2n) is 5.67. The summed E-state index contributed by atoms with van der Waals surface area (Å²) in [5.41, 5.74) is 0.737. The molecule has 1 atom stereocenters. The fourth-order valence-corrected chi connectivity index (χ4v) is 2.37. The van der Waals surface area contributed by atoms with E-state index in [-0.39, 0.29) is 18.1 Å². The van der Waals surface area contributed by atoms with Crippen molar-refractivity contribution in [3.05, 3.63) is 64.5 Å². The van der Waals surface area contributed by atoms with E-state index >= 15 is 0 Å². The number of aliphatic imine (C=N–C) groups is 1. The fourth-order valence-electron chi connectivity index (χ4n) is 2.37. The Hall–Kier alpha value is -3.82. The maximum Gasteiger partial charge on any atom is 0.269 e. The van der Waals surface area contributed by atoms with Crippen LogP contribution in [0.5, 0.6) is 0 Å². The molecule has 27 heavy (non-hydrogen) atoms. The first-order valence-corrected chi connectivity index (χ1v) is 7.86. The predicted octanol–water partition coefficient (Wildman–Crippen LogP) is 2.03. The molecule has 0 unspecified atom stereocenters. The number of hydrogen-bond acceptors (Lipinski definition) is 6. The van der Waals surface area contributed by atoms with E-state index in [1.807, 2.05) is 0 Å². The summed E-state index contributed by atoms with van der Waals surface area (Å²) in [6.07, 6.45) is -0.145. The zero-order valence-corrected chi connectivity index (χ0v) is 13.8. The van der Waals surface area contributed by atoms with Crippen LogP contribution in [0.2, 0.25) is 0 Å². The van der Waals surface area contributed by atoms with Gasteiger partial charge >= 0.3 is 0 Å². The summed E-state index contributed by atoms with van der Waals surface area (Å²) in [5, 5.41) is 18.5.